The lowest BCUT2D eigenvalue weighted by molar-refractivity contribution is -0.140. The Balaban J connectivity index is 2.51. The van der Waals surface area contributed by atoms with Crippen LogP contribution in [0.15, 0.2) is 28.6 Å². The first kappa shape index (κ1) is 16.4. The van der Waals surface area contributed by atoms with Crippen LogP contribution < -0.4 is 4.80 Å². The van der Waals surface area contributed by atoms with Crippen molar-refractivity contribution in [3.8, 4) is 0 Å². The van der Waals surface area contributed by atoms with Crippen molar-refractivity contribution in [3.63, 3.8) is 0 Å². The molecule has 0 unspecified atom stereocenters. The largest absolute Gasteiger partial charge is 0.419 e. The van der Waals surface area contributed by atoms with Gasteiger partial charge in [0.25, 0.3) is 5.91 Å². The summed E-state index contributed by atoms with van der Waals surface area (Å²) < 4.78 is 53.6. The number of amides is 1. The summed E-state index contributed by atoms with van der Waals surface area (Å²) in [5.41, 5.74) is -1.30. The number of hydrogen-bond acceptors (Lipinski definition) is 2. The topological polar surface area (TPSA) is 34.4 Å². The van der Waals surface area contributed by atoms with Crippen molar-refractivity contribution in [3.05, 3.63) is 51.0 Å². The molecule has 0 radical (unpaired) electrons. The molecule has 3 nitrogen and oxygen atoms in total. The fourth-order valence-electron chi connectivity index (χ4n) is 1.95. The fraction of sp³-hybridized carbons (Fsp3) is 0.286. The van der Waals surface area contributed by atoms with Crippen molar-refractivity contribution in [1.29, 1.82) is 0 Å². The molecule has 0 aliphatic rings. The molecule has 0 aliphatic heterocycles. The van der Waals surface area contributed by atoms with E-state index in [1.165, 1.54) is 11.3 Å². The second-order valence-electron chi connectivity index (χ2n) is 4.49. The Bertz CT molecular complexity index is 774. The number of carbonyl (C=O) groups is 1. The summed E-state index contributed by atoms with van der Waals surface area (Å²) in [5, 5.41) is 1.76. The van der Waals surface area contributed by atoms with Gasteiger partial charge >= 0.3 is 6.18 Å². The number of rotatable bonds is 2. The molecule has 2 rings (SSSR count). The third-order valence-electron chi connectivity index (χ3n) is 3.04. The van der Waals surface area contributed by atoms with Gasteiger partial charge < -0.3 is 4.57 Å². The van der Waals surface area contributed by atoms with Crippen LogP contribution in [0.2, 0.25) is 0 Å². The molecule has 0 spiro atoms. The van der Waals surface area contributed by atoms with Gasteiger partial charge in [0.15, 0.2) is 4.80 Å². The number of nitrogens with zero attached hydrogens (tertiary/aromatic N) is 2. The predicted octanol–water partition coefficient (Wildman–Crippen LogP) is 3.78. The molecule has 22 heavy (non-hydrogen) atoms. The van der Waals surface area contributed by atoms with Gasteiger partial charge in [0.05, 0.1) is 11.1 Å². The standard InChI is InChI=1S/C14H12F4N2OS/c1-3-20-8(2)7-22-13(20)19-12(21)9-5-4-6-10(11(9)15)14(16,17)18/h4-7H,3H2,1-2H3/b19-13-. The van der Waals surface area contributed by atoms with Crippen LogP contribution in [0.4, 0.5) is 17.6 Å². The molecule has 1 heterocycles. The van der Waals surface area contributed by atoms with Crippen LogP contribution in [0.5, 0.6) is 0 Å². The normalized spacial score (nSPS) is 12.7. The molecular weight excluding hydrogens is 320 g/mol. The Labute approximate surface area is 127 Å². The number of carbonyl (C=O) groups excluding carboxylic acids is 1. The van der Waals surface area contributed by atoms with Crippen LogP contribution in [0.25, 0.3) is 0 Å². The molecule has 118 valence electrons. The van der Waals surface area contributed by atoms with E-state index in [1.54, 1.807) is 9.95 Å². The third-order valence-corrected chi connectivity index (χ3v) is 4.02. The Hall–Kier alpha value is -1.96. The Morgan fingerprint density at radius 2 is 2.05 bits per heavy atom. The number of alkyl halides is 3. The molecule has 0 atom stereocenters. The van der Waals surface area contributed by atoms with Gasteiger partial charge in [0.2, 0.25) is 0 Å². The molecule has 2 aromatic rings. The van der Waals surface area contributed by atoms with Gasteiger partial charge in [-0.1, -0.05) is 6.07 Å². The molecule has 0 saturated heterocycles. The molecule has 0 bridgehead atoms. The maximum atomic E-state index is 13.9. The van der Waals surface area contributed by atoms with Crippen molar-refractivity contribution >= 4 is 17.2 Å². The summed E-state index contributed by atoms with van der Waals surface area (Å²) in [6.45, 7) is 4.20. The van der Waals surface area contributed by atoms with Gasteiger partial charge in [-0.05, 0) is 26.0 Å². The van der Waals surface area contributed by atoms with Crippen LogP contribution >= 0.6 is 11.3 Å². The molecule has 1 amide bonds. The predicted molar refractivity (Wildman–Crippen MR) is 74.0 cm³/mol. The number of hydrogen-bond donors (Lipinski definition) is 0. The zero-order valence-corrected chi connectivity index (χ0v) is 12.6. The molecule has 1 aromatic heterocycles. The van der Waals surface area contributed by atoms with E-state index in [0.717, 1.165) is 17.8 Å². The second-order valence-corrected chi connectivity index (χ2v) is 5.32. The minimum absolute atomic E-state index is 0.321. The minimum atomic E-state index is -4.86. The maximum absolute atomic E-state index is 13.9. The average molecular weight is 332 g/mol. The van der Waals surface area contributed by atoms with E-state index in [4.69, 9.17) is 0 Å². The van der Waals surface area contributed by atoms with Crippen LogP contribution in [0.1, 0.15) is 28.5 Å². The van der Waals surface area contributed by atoms with E-state index in [1.807, 2.05) is 13.8 Å². The van der Waals surface area contributed by atoms with E-state index in [0.29, 0.717) is 17.4 Å². The van der Waals surface area contributed by atoms with Crippen molar-refractivity contribution in [2.45, 2.75) is 26.6 Å². The Kier molecular flexibility index (Phi) is 4.50. The first-order chi connectivity index (χ1) is 10.3. The average Bonchev–Trinajstić information content (AvgIpc) is 2.77. The van der Waals surface area contributed by atoms with E-state index in [2.05, 4.69) is 4.99 Å². The fourth-order valence-corrected chi connectivity index (χ4v) is 2.89. The van der Waals surface area contributed by atoms with E-state index < -0.39 is 29.0 Å². The van der Waals surface area contributed by atoms with Gasteiger partial charge in [-0.15, -0.1) is 11.3 Å². The molecule has 0 saturated carbocycles. The molecule has 0 aliphatic carbocycles. The Morgan fingerprint density at radius 1 is 1.36 bits per heavy atom. The molecule has 8 heteroatoms. The van der Waals surface area contributed by atoms with Crippen molar-refractivity contribution in [2.75, 3.05) is 0 Å². The number of aromatic nitrogens is 1. The van der Waals surface area contributed by atoms with Gasteiger partial charge in [-0.25, -0.2) is 4.39 Å². The summed E-state index contributed by atoms with van der Waals surface area (Å²) in [6.07, 6.45) is -4.86. The van der Waals surface area contributed by atoms with Crippen LogP contribution in [0.3, 0.4) is 0 Å². The number of aryl methyl sites for hydroxylation is 1. The maximum Gasteiger partial charge on any atom is 0.419 e. The molecular formula is C14H12F4N2OS. The smallest absolute Gasteiger partial charge is 0.321 e. The Morgan fingerprint density at radius 3 is 2.64 bits per heavy atom. The highest BCUT2D eigenvalue weighted by Crippen LogP contribution is 2.32. The number of benzene rings is 1. The van der Waals surface area contributed by atoms with Crippen LogP contribution in [0, 0.1) is 12.7 Å². The highest BCUT2D eigenvalue weighted by Gasteiger charge is 2.35. The minimum Gasteiger partial charge on any atom is -0.321 e. The summed E-state index contributed by atoms with van der Waals surface area (Å²) in [7, 11) is 0. The lowest BCUT2D eigenvalue weighted by atomic mass is 10.1. The summed E-state index contributed by atoms with van der Waals surface area (Å²) in [4.78, 5) is 16.1. The van der Waals surface area contributed by atoms with Gasteiger partial charge in [-0.3, -0.25) is 4.79 Å². The highest BCUT2D eigenvalue weighted by atomic mass is 32.1. The summed E-state index contributed by atoms with van der Waals surface area (Å²) in [5.74, 6) is -2.63. The number of thiazole rings is 1. The lowest BCUT2D eigenvalue weighted by Gasteiger charge is -2.09. The van der Waals surface area contributed by atoms with Crippen molar-refractivity contribution in [1.82, 2.24) is 4.57 Å². The first-order valence-electron chi connectivity index (χ1n) is 6.35. The number of halogens is 4. The van der Waals surface area contributed by atoms with Crippen molar-refractivity contribution < 1.29 is 22.4 Å². The quantitative estimate of drug-likeness (QED) is 0.771. The SMILES string of the molecule is CCn1c(C)cs/c1=N\C(=O)c1cccc(C(F)(F)F)c1F. The molecule has 0 fully saturated rings. The third kappa shape index (κ3) is 3.11. The van der Waals surface area contributed by atoms with E-state index in [-0.39, 0.29) is 0 Å². The zero-order chi connectivity index (χ0) is 16.5. The van der Waals surface area contributed by atoms with Gasteiger partial charge in [-0.2, -0.15) is 18.2 Å². The summed E-state index contributed by atoms with van der Waals surface area (Å²) in [6, 6.07) is 2.57. The second kappa shape index (κ2) is 6.04. The highest BCUT2D eigenvalue weighted by molar-refractivity contribution is 7.07. The van der Waals surface area contributed by atoms with E-state index in [9.17, 15) is 22.4 Å². The monoisotopic (exact) mass is 332 g/mol. The van der Waals surface area contributed by atoms with Gasteiger partial charge in [0, 0.05) is 17.6 Å². The van der Waals surface area contributed by atoms with Crippen molar-refractivity contribution in [2.24, 2.45) is 4.99 Å². The lowest BCUT2D eigenvalue weighted by Crippen LogP contribution is -2.18. The first-order valence-corrected chi connectivity index (χ1v) is 7.23. The zero-order valence-electron chi connectivity index (χ0n) is 11.7. The summed E-state index contributed by atoms with van der Waals surface area (Å²) >= 11 is 1.17. The molecule has 1 aromatic carbocycles. The molecule has 0 N–H and O–H groups in total. The van der Waals surface area contributed by atoms with Gasteiger partial charge in [0.1, 0.15) is 5.82 Å². The van der Waals surface area contributed by atoms with Crippen LogP contribution in [-0.2, 0) is 12.7 Å². The van der Waals surface area contributed by atoms with E-state index >= 15 is 0 Å². The van der Waals surface area contributed by atoms with Crippen LogP contribution in [-0.4, -0.2) is 10.5 Å².